The summed E-state index contributed by atoms with van der Waals surface area (Å²) < 4.78 is 26.6. The number of rotatable bonds is 9. The van der Waals surface area contributed by atoms with Crippen molar-refractivity contribution in [2.24, 2.45) is 0 Å². The first-order valence-electron chi connectivity index (χ1n) is 12.0. The third-order valence-corrected chi connectivity index (χ3v) is 5.79. The smallest absolute Gasteiger partial charge is 0.274 e. The lowest BCUT2D eigenvalue weighted by atomic mass is 10.0. The van der Waals surface area contributed by atoms with Crippen molar-refractivity contribution in [3.63, 3.8) is 0 Å². The molecule has 4 aromatic rings. The average molecular weight is 520 g/mol. The molecule has 196 valence electrons. The zero-order valence-electron chi connectivity index (χ0n) is 21.0. The Labute approximate surface area is 218 Å². The zero-order chi connectivity index (χ0) is 27.2. The summed E-state index contributed by atoms with van der Waals surface area (Å²) in [4.78, 5) is 36.7. The van der Waals surface area contributed by atoms with Gasteiger partial charge in [0.2, 0.25) is 0 Å². The summed E-state index contributed by atoms with van der Waals surface area (Å²) in [6, 6.07) is 12.8. The highest BCUT2D eigenvalue weighted by Crippen LogP contribution is 2.30. The minimum atomic E-state index is -0.663. The lowest BCUT2D eigenvalue weighted by molar-refractivity contribution is 0.0944. The van der Waals surface area contributed by atoms with Crippen LogP contribution in [0.5, 0.6) is 5.75 Å². The highest BCUT2D eigenvalue weighted by atomic mass is 19.1. The van der Waals surface area contributed by atoms with Gasteiger partial charge in [0.1, 0.15) is 22.8 Å². The second-order valence-corrected chi connectivity index (χ2v) is 9.07. The Morgan fingerprint density at radius 2 is 1.58 bits per heavy atom. The molecule has 3 N–H and O–H groups in total. The molecule has 10 heteroatoms. The number of fused-ring (bicyclic) bond motifs is 1. The number of hydrogen-bond acceptors (Lipinski definition) is 6. The summed E-state index contributed by atoms with van der Waals surface area (Å²) in [5.41, 5.74) is 1.40. The van der Waals surface area contributed by atoms with Crippen LogP contribution in [0.1, 0.15) is 38.5 Å². The summed E-state index contributed by atoms with van der Waals surface area (Å²) in [5.74, 6) is -2.57. The molecule has 0 aliphatic carbocycles. The molecule has 8 nitrogen and oxygen atoms in total. The van der Waals surface area contributed by atoms with Crippen molar-refractivity contribution >= 4 is 28.4 Å². The third kappa shape index (κ3) is 6.46. The van der Waals surface area contributed by atoms with Gasteiger partial charge in [-0.05, 0) is 87.1 Å². The monoisotopic (exact) mass is 519 g/mol. The van der Waals surface area contributed by atoms with E-state index >= 15 is 0 Å². The summed E-state index contributed by atoms with van der Waals surface area (Å²) in [5, 5.41) is 16.5. The van der Waals surface area contributed by atoms with Crippen LogP contribution >= 0.6 is 0 Å². The second kappa shape index (κ2) is 11.7. The molecule has 2 aromatic heterocycles. The van der Waals surface area contributed by atoms with E-state index in [1.165, 1.54) is 42.6 Å². The van der Waals surface area contributed by atoms with Gasteiger partial charge < -0.3 is 20.6 Å². The molecule has 0 aliphatic rings. The quantitative estimate of drug-likeness (QED) is 0.287. The molecule has 0 bridgehead atoms. The van der Waals surface area contributed by atoms with E-state index in [4.69, 9.17) is 0 Å². The van der Waals surface area contributed by atoms with Gasteiger partial charge in [0.25, 0.3) is 11.8 Å². The number of anilines is 1. The Balaban J connectivity index is 1.71. The molecule has 4 rings (SSSR count). The largest absolute Gasteiger partial charge is 0.504 e. The molecule has 38 heavy (non-hydrogen) atoms. The normalized spacial score (nSPS) is 11.1. The Morgan fingerprint density at radius 3 is 2.24 bits per heavy atom. The van der Waals surface area contributed by atoms with Crippen molar-refractivity contribution in [3.05, 3.63) is 94.9 Å². The van der Waals surface area contributed by atoms with Crippen LogP contribution in [0.2, 0.25) is 0 Å². The van der Waals surface area contributed by atoms with Crippen LogP contribution in [0.15, 0.2) is 60.8 Å². The highest BCUT2D eigenvalue weighted by molar-refractivity contribution is 6.13. The fourth-order valence-electron chi connectivity index (χ4n) is 3.88. The van der Waals surface area contributed by atoms with Crippen LogP contribution in [0.25, 0.3) is 10.9 Å². The van der Waals surface area contributed by atoms with E-state index in [-0.39, 0.29) is 28.1 Å². The lowest BCUT2D eigenvalue weighted by Gasteiger charge is -2.14. The molecule has 0 atom stereocenters. The Morgan fingerprint density at radius 1 is 0.921 bits per heavy atom. The van der Waals surface area contributed by atoms with Crippen LogP contribution in [-0.2, 0) is 6.42 Å². The van der Waals surface area contributed by atoms with Crippen LogP contribution in [0.4, 0.5) is 14.5 Å². The maximum absolute atomic E-state index is 13.3. The predicted octanol–water partition coefficient (Wildman–Crippen LogP) is 4.14. The number of carbonyl (C=O) groups is 2. The molecule has 0 saturated carbocycles. The molecular weight excluding hydrogens is 492 g/mol. The van der Waals surface area contributed by atoms with Crippen molar-refractivity contribution < 1.29 is 23.5 Å². The molecule has 0 aliphatic heterocycles. The van der Waals surface area contributed by atoms with Crippen LogP contribution in [0, 0.1) is 11.6 Å². The topological polar surface area (TPSA) is 107 Å². The van der Waals surface area contributed by atoms with Gasteiger partial charge in [-0.1, -0.05) is 12.1 Å². The van der Waals surface area contributed by atoms with E-state index < -0.39 is 23.4 Å². The number of hydrogen-bond donors (Lipinski definition) is 3. The number of aromatic hydroxyl groups is 1. The molecule has 0 unspecified atom stereocenters. The number of nitrogens with zero attached hydrogens (tertiary/aromatic N) is 3. The van der Waals surface area contributed by atoms with Gasteiger partial charge in [0, 0.05) is 23.8 Å². The molecule has 0 spiro atoms. The first-order chi connectivity index (χ1) is 18.2. The number of aromatic nitrogens is 2. The minimum Gasteiger partial charge on any atom is -0.504 e. The zero-order valence-corrected chi connectivity index (χ0v) is 21.0. The van der Waals surface area contributed by atoms with Crippen molar-refractivity contribution in [2.75, 3.05) is 32.5 Å². The molecular formula is C28H27F2N5O3. The average Bonchev–Trinajstić information content (AvgIpc) is 2.89. The number of carbonyl (C=O) groups excluding carboxylic acids is 2. The number of halogens is 2. The van der Waals surface area contributed by atoms with Gasteiger partial charge in [-0.3, -0.25) is 14.6 Å². The van der Waals surface area contributed by atoms with Gasteiger partial charge in [-0.2, -0.15) is 0 Å². The van der Waals surface area contributed by atoms with Gasteiger partial charge in [0.05, 0.1) is 0 Å². The molecule has 2 heterocycles. The van der Waals surface area contributed by atoms with Crippen LogP contribution < -0.4 is 10.6 Å². The molecule has 0 saturated heterocycles. The number of amides is 2. The Hall–Kier alpha value is -4.44. The molecule has 0 radical (unpaired) electrons. The number of nitrogens with one attached hydrogen (secondary N) is 2. The fourth-order valence-corrected chi connectivity index (χ4v) is 3.88. The second-order valence-electron chi connectivity index (χ2n) is 9.07. The number of pyridine rings is 2. The minimum absolute atomic E-state index is 0.0329. The standard InChI is InChI=1S/C28H27F2N5O3/c1-35(2)13-3-12-31-27(37)25-26(36)23-22(15-18(16-32-23)14-17-4-6-19(29)7-5-17)24(34-25)28(38)33-21-10-8-20(30)9-11-21/h4-11,15-16,36H,3,12-14H2,1-2H3,(H,31,37)(H,33,38). The van der Waals surface area contributed by atoms with E-state index in [1.807, 2.05) is 19.0 Å². The maximum Gasteiger partial charge on any atom is 0.274 e. The van der Waals surface area contributed by atoms with Crippen molar-refractivity contribution in [1.29, 1.82) is 0 Å². The van der Waals surface area contributed by atoms with E-state index in [0.717, 1.165) is 12.1 Å². The fraction of sp³-hybridized carbons (Fsp3) is 0.214. The number of benzene rings is 2. The van der Waals surface area contributed by atoms with E-state index in [2.05, 4.69) is 20.6 Å². The van der Waals surface area contributed by atoms with Gasteiger partial charge in [-0.15, -0.1) is 0 Å². The van der Waals surface area contributed by atoms with Crippen LogP contribution in [0.3, 0.4) is 0 Å². The first kappa shape index (κ1) is 26.6. The summed E-state index contributed by atoms with van der Waals surface area (Å²) >= 11 is 0. The SMILES string of the molecule is CN(C)CCCNC(=O)c1nc(C(=O)Nc2ccc(F)cc2)c2cc(Cc3ccc(F)cc3)cnc2c1O. The predicted molar refractivity (Wildman–Crippen MR) is 140 cm³/mol. The molecule has 2 amide bonds. The summed E-state index contributed by atoms with van der Waals surface area (Å²) in [7, 11) is 3.83. The molecule has 0 fully saturated rings. The third-order valence-electron chi connectivity index (χ3n) is 5.79. The van der Waals surface area contributed by atoms with Gasteiger partial charge in [0.15, 0.2) is 11.4 Å². The van der Waals surface area contributed by atoms with Crippen molar-refractivity contribution in [2.45, 2.75) is 12.8 Å². The highest BCUT2D eigenvalue weighted by Gasteiger charge is 2.24. The summed E-state index contributed by atoms with van der Waals surface area (Å²) in [6.45, 7) is 1.10. The summed E-state index contributed by atoms with van der Waals surface area (Å²) in [6.07, 6.45) is 2.58. The van der Waals surface area contributed by atoms with Crippen molar-refractivity contribution in [1.82, 2.24) is 20.2 Å². The first-order valence-corrected chi connectivity index (χ1v) is 12.0. The molecule has 2 aromatic carbocycles. The van der Waals surface area contributed by atoms with Gasteiger partial charge in [-0.25, -0.2) is 13.8 Å². The lowest BCUT2D eigenvalue weighted by Crippen LogP contribution is -2.28. The van der Waals surface area contributed by atoms with E-state index in [0.29, 0.717) is 30.6 Å². The van der Waals surface area contributed by atoms with Crippen LogP contribution in [-0.4, -0.2) is 59.0 Å². The Bertz CT molecular complexity index is 1460. The maximum atomic E-state index is 13.3. The van der Waals surface area contributed by atoms with Crippen molar-refractivity contribution in [3.8, 4) is 5.75 Å². The van der Waals surface area contributed by atoms with E-state index in [1.54, 1.807) is 18.2 Å². The Kier molecular flexibility index (Phi) is 8.22. The van der Waals surface area contributed by atoms with Gasteiger partial charge >= 0.3 is 0 Å². The van der Waals surface area contributed by atoms with E-state index in [9.17, 15) is 23.5 Å².